The molecular formula is C27H29N3O4. The molecule has 0 radical (unpaired) electrons. The largest absolute Gasteiger partial charge is 0.481 e. The highest BCUT2D eigenvalue weighted by atomic mass is 16.5. The third-order valence-corrected chi connectivity index (χ3v) is 5.31. The Balaban J connectivity index is 1.43. The summed E-state index contributed by atoms with van der Waals surface area (Å²) < 4.78 is 5.74. The minimum Gasteiger partial charge on any atom is -0.481 e. The summed E-state index contributed by atoms with van der Waals surface area (Å²) in [6.07, 6.45) is -0.684. The van der Waals surface area contributed by atoms with E-state index in [4.69, 9.17) is 4.74 Å². The van der Waals surface area contributed by atoms with Crippen LogP contribution in [0, 0.1) is 13.8 Å². The molecule has 0 spiro atoms. The molecule has 176 valence electrons. The number of rotatable bonds is 9. The SMILES string of the molecule is Cc1ccc(OC(C)C(=O)Nc2ccc(C(=O)NCCNC(=O)c3ccccc3)cc2)cc1C. The standard InChI is InChI=1S/C27H29N3O4/c1-18-9-14-24(17-19(18)2)34-20(3)25(31)30-23-12-10-22(11-13-23)27(33)29-16-15-28-26(32)21-7-5-4-6-8-21/h4-14,17,20H,15-16H2,1-3H3,(H,28,32)(H,29,33)(H,30,31). The first-order chi connectivity index (χ1) is 16.3. The maximum absolute atomic E-state index is 12.5. The molecule has 0 aromatic heterocycles. The van der Waals surface area contributed by atoms with E-state index in [9.17, 15) is 14.4 Å². The zero-order chi connectivity index (χ0) is 24.5. The van der Waals surface area contributed by atoms with Gasteiger partial charge in [0.15, 0.2) is 6.10 Å². The molecule has 7 heteroatoms. The Morgan fingerprint density at radius 3 is 1.94 bits per heavy atom. The molecule has 0 fully saturated rings. The summed E-state index contributed by atoms with van der Waals surface area (Å²) in [7, 11) is 0. The van der Waals surface area contributed by atoms with Gasteiger partial charge in [0.1, 0.15) is 5.75 Å². The molecule has 0 aliphatic carbocycles. The van der Waals surface area contributed by atoms with Crippen LogP contribution in [-0.2, 0) is 4.79 Å². The quantitative estimate of drug-likeness (QED) is 0.423. The van der Waals surface area contributed by atoms with E-state index in [-0.39, 0.29) is 17.7 Å². The number of carbonyl (C=O) groups excluding carboxylic acids is 3. The van der Waals surface area contributed by atoms with Gasteiger partial charge in [-0.1, -0.05) is 24.3 Å². The van der Waals surface area contributed by atoms with Gasteiger partial charge in [-0.3, -0.25) is 14.4 Å². The van der Waals surface area contributed by atoms with Crippen molar-refractivity contribution in [3.05, 3.63) is 95.1 Å². The minimum atomic E-state index is -0.684. The van der Waals surface area contributed by atoms with Gasteiger partial charge in [-0.15, -0.1) is 0 Å². The molecule has 3 N–H and O–H groups in total. The Bertz CT molecular complexity index is 1140. The van der Waals surface area contributed by atoms with Crippen molar-refractivity contribution in [3.63, 3.8) is 0 Å². The fraction of sp³-hybridized carbons (Fsp3) is 0.222. The van der Waals surface area contributed by atoms with Crippen LogP contribution in [0.15, 0.2) is 72.8 Å². The molecule has 3 rings (SSSR count). The zero-order valence-electron chi connectivity index (χ0n) is 19.6. The number of benzene rings is 3. The van der Waals surface area contributed by atoms with E-state index in [1.807, 2.05) is 38.1 Å². The summed E-state index contributed by atoms with van der Waals surface area (Å²) in [4.78, 5) is 36.8. The first kappa shape index (κ1) is 24.5. The first-order valence-electron chi connectivity index (χ1n) is 11.1. The lowest BCUT2D eigenvalue weighted by molar-refractivity contribution is -0.122. The van der Waals surface area contributed by atoms with Crippen LogP contribution in [0.2, 0.25) is 0 Å². The van der Waals surface area contributed by atoms with Crippen molar-refractivity contribution in [2.75, 3.05) is 18.4 Å². The smallest absolute Gasteiger partial charge is 0.265 e. The summed E-state index contributed by atoms with van der Waals surface area (Å²) in [6, 6.07) is 21.2. The lowest BCUT2D eigenvalue weighted by Gasteiger charge is -2.16. The van der Waals surface area contributed by atoms with Gasteiger partial charge in [-0.25, -0.2) is 0 Å². The predicted molar refractivity (Wildman–Crippen MR) is 132 cm³/mol. The molecule has 34 heavy (non-hydrogen) atoms. The van der Waals surface area contributed by atoms with E-state index in [2.05, 4.69) is 16.0 Å². The van der Waals surface area contributed by atoms with E-state index in [1.54, 1.807) is 55.5 Å². The Morgan fingerprint density at radius 1 is 0.765 bits per heavy atom. The van der Waals surface area contributed by atoms with Crippen molar-refractivity contribution in [1.29, 1.82) is 0 Å². The van der Waals surface area contributed by atoms with Crippen molar-refractivity contribution in [2.45, 2.75) is 26.9 Å². The van der Waals surface area contributed by atoms with Crippen LogP contribution in [0.25, 0.3) is 0 Å². The maximum atomic E-state index is 12.5. The zero-order valence-corrected chi connectivity index (χ0v) is 19.6. The number of anilines is 1. The molecule has 1 unspecified atom stereocenters. The molecule has 0 aliphatic rings. The molecule has 1 atom stereocenters. The number of hydrogen-bond acceptors (Lipinski definition) is 4. The molecule has 3 amide bonds. The molecule has 0 aliphatic heterocycles. The summed E-state index contributed by atoms with van der Waals surface area (Å²) >= 11 is 0. The third-order valence-electron chi connectivity index (χ3n) is 5.31. The van der Waals surface area contributed by atoms with E-state index >= 15 is 0 Å². The fourth-order valence-electron chi connectivity index (χ4n) is 3.14. The monoisotopic (exact) mass is 459 g/mol. The van der Waals surface area contributed by atoms with Gasteiger partial charge < -0.3 is 20.7 Å². The fourth-order valence-corrected chi connectivity index (χ4v) is 3.14. The van der Waals surface area contributed by atoms with Crippen LogP contribution < -0.4 is 20.7 Å². The second-order valence-corrected chi connectivity index (χ2v) is 7.95. The van der Waals surface area contributed by atoms with Gasteiger partial charge in [0, 0.05) is 29.9 Å². The van der Waals surface area contributed by atoms with Crippen molar-refractivity contribution >= 4 is 23.4 Å². The summed E-state index contributed by atoms with van der Waals surface area (Å²) in [5.41, 5.74) is 3.84. The van der Waals surface area contributed by atoms with Crippen LogP contribution in [0.3, 0.4) is 0 Å². The highest BCUT2D eigenvalue weighted by Crippen LogP contribution is 2.18. The molecule has 3 aromatic carbocycles. The third kappa shape index (κ3) is 6.93. The van der Waals surface area contributed by atoms with Crippen LogP contribution in [-0.4, -0.2) is 36.9 Å². The number of nitrogens with one attached hydrogen (secondary N) is 3. The number of ether oxygens (including phenoxy) is 1. The second-order valence-electron chi connectivity index (χ2n) is 7.95. The topological polar surface area (TPSA) is 96.5 Å². The summed E-state index contributed by atoms with van der Waals surface area (Å²) in [6.45, 7) is 6.30. The number of hydrogen-bond donors (Lipinski definition) is 3. The van der Waals surface area contributed by atoms with Crippen molar-refractivity contribution in [3.8, 4) is 5.75 Å². The van der Waals surface area contributed by atoms with E-state index in [1.165, 1.54) is 0 Å². The number of carbonyl (C=O) groups is 3. The Morgan fingerprint density at radius 2 is 1.35 bits per heavy atom. The molecule has 3 aromatic rings. The molecule has 0 bridgehead atoms. The van der Waals surface area contributed by atoms with Gasteiger partial charge in [0.05, 0.1) is 0 Å². The van der Waals surface area contributed by atoms with Crippen molar-refractivity contribution in [2.24, 2.45) is 0 Å². The first-order valence-corrected chi connectivity index (χ1v) is 11.1. The van der Waals surface area contributed by atoms with Gasteiger partial charge in [-0.05, 0) is 80.4 Å². The molecule has 0 heterocycles. The lowest BCUT2D eigenvalue weighted by atomic mass is 10.1. The maximum Gasteiger partial charge on any atom is 0.265 e. The highest BCUT2D eigenvalue weighted by molar-refractivity contribution is 5.97. The van der Waals surface area contributed by atoms with Crippen LogP contribution in [0.5, 0.6) is 5.75 Å². The van der Waals surface area contributed by atoms with E-state index in [0.717, 1.165) is 11.1 Å². The summed E-state index contributed by atoms with van der Waals surface area (Å²) in [5.74, 6) is -0.105. The highest BCUT2D eigenvalue weighted by Gasteiger charge is 2.15. The van der Waals surface area contributed by atoms with Gasteiger partial charge in [0.25, 0.3) is 17.7 Å². The van der Waals surface area contributed by atoms with E-state index in [0.29, 0.717) is 35.7 Å². The van der Waals surface area contributed by atoms with E-state index < -0.39 is 6.10 Å². The van der Waals surface area contributed by atoms with Crippen molar-refractivity contribution in [1.82, 2.24) is 10.6 Å². The van der Waals surface area contributed by atoms with Crippen LogP contribution in [0.1, 0.15) is 38.8 Å². The predicted octanol–water partition coefficient (Wildman–Crippen LogP) is 3.87. The number of aryl methyl sites for hydroxylation is 2. The average Bonchev–Trinajstić information content (AvgIpc) is 2.84. The molecule has 7 nitrogen and oxygen atoms in total. The second kappa shape index (κ2) is 11.7. The molecule has 0 saturated carbocycles. The average molecular weight is 460 g/mol. The lowest BCUT2D eigenvalue weighted by Crippen LogP contribution is -2.34. The van der Waals surface area contributed by atoms with Crippen molar-refractivity contribution < 1.29 is 19.1 Å². The normalized spacial score (nSPS) is 11.3. The van der Waals surface area contributed by atoms with Crippen LogP contribution >= 0.6 is 0 Å². The molecule has 0 saturated heterocycles. The Hall–Kier alpha value is -4.13. The Kier molecular flexibility index (Phi) is 8.40. The minimum absolute atomic E-state index is 0.189. The van der Waals surface area contributed by atoms with Gasteiger partial charge in [0.2, 0.25) is 0 Å². The number of amides is 3. The Labute approximate surface area is 199 Å². The van der Waals surface area contributed by atoms with Gasteiger partial charge in [-0.2, -0.15) is 0 Å². The van der Waals surface area contributed by atoms with Gasteiger partial charge >= 0.3 is 0 Å². The van der Waals surface area contributed by atoms with Crippen LogP contribution in [0.4, 0.5) is 5.69 Å². The molecular weight excluding hydrogens is 430 g/mol. The summed E-state index contributed by atoms with van der Waals surface area (Å²) in [5, 5.41) is 8.31.